The van der Waals surface area contributed by atoms with Gasteiger partial charge in [0.2, 0.25) is 0 Å². The molecule has 3 heteroatoms. The molecule has 0 aliphatic carbocycles. The van der Waals surface area contributed by atoms with Crippen LogP contribution in [-0.2, 0) is 17.6 Å². The van der Waals surface area contributed by atoms with Gasteiger partial charge in [-0.3, -0.25) is 4.79 Å². The van der Waals surface area contributed by atoms with Crippen LogP contribution >= 0.6 is 0 Å². The van der Waals surface area contributed by atoms with Crippen molar-refractivity contribution < 1.29 is 14.3 Å². The number of hydrogen-bond donors (Lipinski definition) is 0. The molecule has 114 valence electrons. The Morgan fingerprint density at radius 3 is 2.59 bits per heavy atom. The van der Waals surface area contributed by atoms with E-state index in [1.165, 1.54) is 11.1 Å². The van der Waals surface area contributed by atoms with Crippen LogP contribution in [0.5, 0.6) is 11.5 Å². The second-order valence-corrected chi connectivity index (χ2v) is 5.92. The summed E-state index contributed by atoms with van der Waals surface area (Å²) in [5.41, 5.74) is 5.31. The van der Waals surface area contributed by atoms with Gasteiger partial charge in [-0.05, 0) is 49.1 Å². The van der Waals surface area contributed by atoms with E-state index >= 15 is 0 Å². The molecule has 0 aromatic heterocycles. The maximum absolute atomic E-state index is 12.2. The first-order valence-corrected chi connectivity index (χ1v) is 7.56. The van der Waals surface area contributed by atoms with Crippen LogP contribution in [0.15, 0.2) is 30.3 Å². The standard InChI is InChI=1S/C19H20O3/c1-12-8-13(2)19(14(3)9-12)22-18(20)11-15-4-5-17-16(10-15)6-7-21-17/h4-5,8-10H,6-7,11H2,1-3H3. The number of aryl methyl sites for hydroxylation is 3. The smallest absolute Gasteiger partial charge is 0.315 e. The monoisotopic (exact) mass is 296 g/mol. The molecule has 0 bridgehead atoms. The SMILES string of the molecule is Cc1cc(C)c(OC(=O)Cc2ccc3c(c2)CCO3)c(C)c1. The zero-order valence-corrected chi connectivity index (χ0v) is 13.2. The first-order chi connectivity index (χ1) is 10.5. The van der Waals surface area contributed by atoms with Gasteiger partial charge in [-0.25, -0.2) is 0 Å². The van der Waals surface area contributed by atoms with Gasteiger partial charge in [0.1, 0.15) is 11.5 Å². The van der Waals surface area contributed by atoms with Crippen molar-refractivity contribution in [2.24, 2.45) is 0 Å². The van der Waals surface area contributed by atoms with Gasteiger partial charge in [0, 0.05) is 6.42 Å². The number of rotatable bonds is 3. The van der Waals surface area contributed by atoms with Crippen molar-refractivity contribution >= 4 is 5.97 Å². The van der Waals surface area contributed by atoms with E-state index in [1.54, 1.807) is 0 Å². The predicted octanol–water partition coefficient (Wildman–Crippen LogP) is 3.69. The van der Waals surface area contributed by atoms with Gasteiger partial charge >= 0.3 is 5.97 Å². The second-order valence-electron chi connectivity index (χ2n) is 5.92. The van der Waals surface area contributed by atoms with Crippen LogP contribution in [0, 0.1) is 20.8 Å². The highest BCUT2D eigenvalue weighted by molar-refractivity contribution is 5.76. The van der Waals surface area contributed by atoms with E-state index < -0.39 is 0 Å². The molecule has 0 N–H and O–H groups in total. The van der Waals surface area contributed by atoms with Crippen LogP contribution in [-0.4, -0.2) is 12.6 Å². The van der Waals surface area contributed by atoms with E-state index in [0.717, 1.165) is 35.5 Å². The quantitative estimate of drug-likeness (QED) is 0.640. The number of benzene rings is 2. The fourth-order valence-corrected chi connectivity index (χ4v) is 2.99. The molecule has 2 aromatic carbocycles. The number of hydrogen-bond acceptors (Lipinski definition) is 3. The van der Waals surface area contributed by atoms with Gasteiger partial charge < -0.3 is 9.47 Å². The Morgan fingerprint density at radius 2 is 1.86 bits per heavy atom. The van der Waals surface area contributed by atoms with Crippen LogP contribution in [0.4, 0.5) is 0 Å². The molecule has 0 fully saturated rings. The number of carbonyl (C=O) groups excluding carboxylic acids is 1. The molecule has 0 radical (unpaired) electrons. The largest absolute Gasteiger partial charge is 0.493 e. The highest BCUT2D eigenvalue weighted by atomic mass is 16.5. The summed E-state index contributed by atoms with van der Waals surface area (Å²) in [4.78, 5) is 12.2. The fraction of sp³-hybridized carbons (Fsp3) is 0.316. The van der Waals surface area contributed by atoms with E-state index in [-0.39, 0.29) is 12.4 Å². The lowest BCUT2D eigenvalue weighted by Crippen LogP contribution is -2.13. The average molecular weight is 296 g/mol. The fourth-order valence-electron chi connectivity index (χ4n) is 2.99. The van der Waals surface area contributed by atoms with E-state index in [9.17, 15) is 4.79 Å². The summed E-state index contributed by atoms with van der Waals surface area (Å²) in [6, 6.07) is 9.97. The number of esters is 1. The minimum absolute atomic E-state index is 0.228. The Hall–Kier alpha value is -2.29. The van der Waals surface area contributed by atoms with Crippen molar-refractivity contribution in [3.05, 3.63) is 58.1 Å². The third kappa shape index (κ3) is 2.98. The van der Waals surface area contributed by atoms with Crippen LogP contribution in [0.3, 0.4) is 0 Å². The summed E-state index contributed by atoms with van der Waals surface area (Å²) >= 11 is 0. The predicted molar refractivity (Wildman–Crippen MR) is 85.6 cm³/mol. The Bertz CT molecular complexity index is 708. The molecule has 1 aliphatic rings. The number of carbonyl (C=O) groups is 1. The summed E-state index contributed by atoms with van der Waals surface area (Å²) in [6.45, 7) is 6.70. The van der Waals surface area contributed by atoms with Crippen molar-refractivity contribution in [1.29, 1.82) is 0 Å². The maximum atomic E-state index is 12.2. The lowest BCUT2D eigenvalue weighted by atomic mass is 10.1. The third-order valence-electron chi connectivity index (χ3n) is 3.92. The molecule has 0 atom stereocenters. The molecule has 1 heterocycles. The Kier molecular flexibility index (Phi) is 3.88. The van der Waals surface area contributed by atoms with Crippen LogP contribution in [0.1, 0.15) is 27.8 Å². The summed E-state index contributed by atoms with van der Waals surface area (Å²) in [6.07, 6.45) is 1.19. The van der Waals surface area contributed by atoms with E-state index in [2.05, 4.69) is 0 Å². The minimum Gasteiger partial charge on any atom is -0.493 e. The van der Waals surface area contributed by atoms with Crippen molar-refractivity contribution in [3.63, 3.8) is 0 Å². The third-order valence-corrected chi connectivity index (χ3v) is 3.92. The normalized spacial score (nSPS) is 12.7. The molecule has 0 saturated heterocycles. The van der Waals surface area contributed by atoms with Gasteiger partial charge in [0.05, 0.1) is 13.0 Å². The van der Waals surface area contributed by atoms with Crippen LogP contribution < -0.4 is 9.47 Å². The topological polar surface area (TPSA) is 35.5 Å². The zero-order chi connectivity index (χ0) is 15.7. The molecule has 22 heavy (non-hydrogen) atoms. The summed E-state index contributed by atoms with van der Waals surface area (Å²) < 4.78 is 11.1. The number of fused-ring (bicyclic) bond motifs is 1. The summed E-state index contributed by atoms with van der Waals surface area (Å²) in [5, 5.41) is 0. The zero-order valence-electron chi connectivity index (χ0n) is 13.2. The summed E-state index contributed by atoms with van der Waals surface area (Å²) in [7, 11) is 0. The number of ether oxygens (including phenoxy) is 2. The molecular formula is C19H20O3. The van der Waals surface area contributed by atoms with Crippen LogP contribution in [0.2, 0.25) is 0 Å². The highest BCUT2D eigenvalue weighted by Gasteiger charge is 2.15. The molecule has 3 nitrogen and oxygen atoms in total. The molecular weight excluding hydrogens is 276 g/mol. The Labute approximate surface area is 130 Å². The van der Waals surface area contributed by atoms with Crippen molar-refractivity contribution in [2.45, 2.75) is 33.6 Å². The van der Waals surface area contributed by atoms with Gasteiger partial charge in [0.25, 0.3) is 0 Å². The Balaban J connectivity index is 1.73. The molecule has 0 amide bonds. The van der Waals surface area contributed by atoms with E-state index in [0.29, 0.717) is 5.75 Å². The van der Waals surface area contributed by atoms with Crippen molar-refractivity contribution in [1.82, 2.24) is 0 Å². The molecule has 3 rings (SSSR count). The molecule has 2 aromatic rings. The first-order valence-electron chi connectivity index (χ1n) is 7.56. The summed E-state index contributed by atoms with van der Waals surface area (Å²) in [5.74, 6) is 1.39. The first kappa shape index (κ1) is 14.6. The van der Waals surface area contributed by atoms with E-state index in [1.807, 2.05) is 51.1 Å². The molecule has 0 unspecified atom stereocenters. The van der Waals surface area contributed by atoms with E-state index in [4.69, 9.17) is 9.47 Å². The average Bonchev–Trinajstić information content (AvgIpc) is 2.90. The van der Waals surface area contributed by atoms with Gasteiger partial charge in [-0.1, -0.05) is 29.8 Å². The van der Waals surface area contributed by atoms with Crippen LogP contribution in [0.25, 0.3) is 0 Å². The molecule has 0 spiro atoms. The molecule has 0 saturated carbocycles. The Morgan fingerprint density at radius 1 is 1.14 bits per heavy atom. The lowest BCUT2D eigenvalue weighted by Gasteiger charge is -2.12. The van der Waals surface area contributed by atoms with Gasteiger partial charge in [-0.2, -0.15) is 0 Å². The maximum Gasteiger partial charge on any atom is 0.315 e. The lowest BCUT2D eigenvalue weighted by molar-refractivity contribution is -0.133. The second kappa shape index (κ2) is 5.84. The highest BCUT2D eigenvalue weighted by Crippen LogP contribution is 2.27. The van der Waals surface area contributed by atoms with Crippen molar-refractivity contribution in [2.75, 3.05) is 6.61 Å². The van der Waals surface area contributed by atoms with Gasteiger partial charge in [0.15, 0.2) is 0 Å². The van der Waals surface area contributed by atoms with Gasteiger partial charge in [-0.15, -0.1) is 0 Å². The molecule has 1 aliphatic heterocycles. The minimum atomic E-state index is -0.228. The van der Waals surface area contributed by atoms with Crippen molar-refractivity contribution in [3.8, 4) is 11.5 Å².